The number of phenolic OH excluding ortho intramolecular Hbond substituents is 1. The number of phenols is 1. The molecule has 0 saturated heterocycles. The van der Waals surface area contributed by atoms with E-state index in [0.717, 1.165) is 24.8 Å². The molecule has 20 heavy (non-hydrogen) atoms. The first-order chi connectivity index (χ1) is 9.69. The lowest BCUT2D eigenvalue weighted by atomic mass is 9.92. The van der Waals surface area contributed by atoms with Crippen LogP contribution in [-0.2, 0) is 16.0 Å². The summed E-state index contributed by atoms with van der Waals surface area (Å²) in [6, 6.07) is 7.15. The lowest BCUT2D eigenvalue weighted by Crippen LogP contribution is -2.46. The van der Waals surface area contributed by atoms with Gasteiger partial charge in [-0.15, -0.1) is 0 Å². The van der Waals surface area contributed by atoms with Crippen LogP contribution in [0.3, 0.4) is 0 Å². The SMILES string of the molecule is CO[C@H]1CCCC[C@@H]1NC(=O)CCc1ccc(O)cc1. The van der Waals surface area contributed by atoms with Crippen LogP contribution < -0.4 is 5.32 Å². The minimum absolute atomic E-state index is 0.0759. The zero-order valence-corrected chi connectivity index (χ0v) is 12.0. The van der Waals surface area contributed by atoms with Crippen molar-refractivity contribution in [2.24, 2.45) is 0 Å². The first-order valence-corrected chi connectivity index (χ1v) is 7.29. The van der Waals surface area contributed by atoms with Gasteiger partial charge in [0.15, 0.2) is 0 Å². The molecule has 110 valence electrons. The van der Waals surface area contributed by atoms with Crippen molar-refractivity contribution in [2.45, 2.75) is 50.7 Å². The number of amides is 1. The average Bonchev–Trinajstić information content (AvgIpc) is 2.47. The van der Waals surface area contributed by atoms with E-state index in [1.807, 2.05) is 12.1 Å². The summed E-state index contributed by atoms with van der Waals surface area (Å²) >= 11 is 0. The monoisotopic (exact) mass is 277 g/mol. The van der Waals surface area contributed by atoms with Crippen molar-refractivity contribution >= 4 is 5.91 Å². The van der Waals surface area contributed by atoms with Crippen molar-refractivity contribution in [3.63, 3.8) is 0 Å². The molecule has 0 heterocycles. The van der Waals surface area contributed by atoms with E-state index in [0.29, 0.717) is 12.8 Å². The summed E-state index contributed by atoms with van der Waals surface area (Å²) in [7, 11) is 1.71. The van der Waals surface area contributed by atoms with E-state index in [9.17, 15) is 9.90 Å². The molecule has 1 aromatic rings. The number of carbonyl (C=O) groups is 1. The van der Waals surface area contributed by atoms with Crippen molar-refractivity contribution in [2.75, 3.05) is 7.11 Å². The highest BCUT2D eigenvalue weighted by Crippen LogP contribution is 2.21. The van der Waals surface area contributed by atoms with E-state index >= 15 is 0 Å². The van der Waals surface area contributed by atoms with Crippen molar-refractivity contribution in [1.29, 1.82) is 0 Å². The number of benzene rings is 1. The third-order valence-corrected chi connectivity index (χ3v) is 3.93. The van der Waals surface area contributed by atoms with Crippen LogP contribution in [0.4, 0.5) is 0 Å². The normalized spacial score (nSPS) is 22.4. The van der Waals surface area contributed by atoms with Crippen molar-refractivity contribution in [3.05, 3.63) is 29.8 Å². The van der Waals surface area contributed by atoms with Crippen LogP contribution in [0.2, 0.25) is 0 Å². The summed E-state index contributed by atoms with van der Waals surface area (Å²) in [4.78, 5) is 12.0. The molecule has 2 atom stereocenters. The van der Waals surface area contributed by atoms with E-state index in [1.54, 1.807) is 19.2 Å². The van der Waals surface area contributed by atoms with Gasteiger partial charge >= 0.3 is 0 Å². The zero-order valence-electron chi connectivity index (χ0n) is 12.0. The Morgan fingerprint density at radius 1 is 1.30 bits per heavy atom. The summed E-state index contributed by atoms with van der Waals surface area (Å²) in [5.41, 5.74) is 1.06. The number of carbonyl (C=O) groups excluding carboxylic acids is 1. The van der Waals surface area contributed by atoms with Crippen LogP contribution in [0.15, 0.2) is 24.3 Å². The van der Waals surface area contributed by atoms with E-state index in [4.69, 9.17) is 4.74 Å². The topological polar surface area (TPSA) is 58.6 Å². The number of nitrogens with one attached hydrogen (secondary N) is 1. The molecule has 0 aliphatic heterocycles. The second-order valence-corrected chi connectivity index (χ2v) is 5.40. The Kier molecular flexibility index (Phi) is 5.41. The molecule has 1 fully saturated rings. The Hall–Kier alpha value is -1.55. The van der Waals surface area contributed by atoms with Crippen molar-refractivity contribution < 1.29 is 14.6 Å². The molecule has 4 nitrogen and oxygen atoms in total. The van der Waals surface area contributed by atoms with Gasteiger partial charge in [-0.05, 0) is 37.0 Å². The molecule has 0 unspecified atom stereocenters. The van der Waals surface area contributed by atoms with E-state index in [2.05, 4.69) is 5.32 Å². The number of hydrogen-bond acceptors (Lipinski definition) is 3. The second-order valence-electron chi connectivity index (χ2n) is 5.40. The van der Waals surface area contributed by atoms with Crippen LogP contribution in [-0.4, -0.2) is 30.3 Å². The van der Waals surface area contributed by atoms with Gasteiger partial charge in [0.05, 0.1) is 12.1 Å². The summed E-state index contributed by atoms with van der Waals surface area (Å²) < 4.78 is 5.44. The smallest absolute Gasteiger partial charge is 0.220 e. The van der Waals surface area contributed by atoms with Gasteiger partial charge in [-0.2, -0.15) is 0 Å². The fraction of sp³-hybridized carbons (Fsp3) is 0.562. The molecule has 0 radical (unpaired) electrons. The standard InChI is InChI=1S/C16H23NO3/c1-20-15-5-3-2-4-14(15)17-16(19)11-8-12-6-9-13(18)10-7-12/h6-7,9-10,14-15,18H,2-5,8,11H2,1H3,(H,17,19)/t14-,15-/m0/s1. The molecular formula is C16H23NO3. The number of aryl methyl sites for hydroxylation is 1. The Morgan fingerprint density at radius 3 is 2.70 bits per heavy atom. The number of methoxy groups -OCH3 is 1. The molecule has 2 N–H and O–H groups in total. The fourth-order valence-corrected chi connectivity index (χ4v) is 2.74. The maximum atomic E-state index is 12.0. The van der Waals surface area contributed by atoms with Crippen LogP contribution in [0.25, 0.3) is 0 Å². The Labute approximate surface area is 120 Å². The molecule has 1 aliphatic carbocycles. The third-order valence-electron chi connectivity index (χ3n) is 3.93. The van der Waals surface area contributed by atoms with Crippen molar-refractivity contribution in [1.82, 2.24) is 5.32 Å². The molecule has 1 saturated carbocycles. The van der Waals surface area contributed by atoms with Crippen LogP contribution >= 0.6 is 0 Å². The fourth-order valence-electron chi connectivity index (χ4n) is 2.74. The van der Waals surface area contributed by atoms with Gasteiger partial charge in [-0.1, -0.05) is 25.0 Å². The predicted molar refractivity (Wildman–Crippen MR) is 77.6 cm³/mol. The van der Waals surface area contributed by atoms with Gasteiger partial charge in [-0.3, -0.25) is 4.79 Å². The van der Waals surface area contributed by atoms with Gasteiger partial charge < -0.3 is 15.2 Å². The largest absolute Gasteiger partial charge is 0.508 e. The molecule has 4 heteroatoms. The summed E-state index contributed by atoms with van der Waals surface area (Å²) in [6.07, 6.45) is 5.68. The molecule has 0 spiro atoms. The Morgan fingerprint density at radius 2 is 2.00 bits per heavy atom. The first-order valence-electron chi connectivity index (χ1n) is 7.29. The van der Waals surface area contributed by atoms with Crippen LogP contribution in [0.1, 0.15) is 37.7 Å². The Bertz CT molecular complexity index is 430. The lowest BCUT2D eigenvalue weighted by Gasteiger charge is -2.31. The molecule has 1 aliphatic rings. The van der Waals surface area contributed by atoms with Crippen LogP contribution in [0.5, 0.6) is 5.75 Å². The molecule has 2 rings (SSSR count). The summed E-state index contributed by atoms with van der Waals surface area (Å²) in [5, 5.41) is 12.3. The highest BCUT2D eigenvalue weighted by Gasteiger charge is 2.25. The predicted octanol–water partition coefficient (Wildman–Crippen LogP) is 2.40. The van der Waals surface area contributed by atoms with E-state index < -0.39 is 0 Å². The van der Waals surface area contributed by atoms with Gasteiger partial charge in [0, 0.05) is 13.5 Å². The summed E-state index contributed by atoms with van der Waals surface area (Å²) in [6.45, 7) is 0. The maximum Gasteiger partial charge on any atom is 0.220 e. The Balaban J connectivity index is 1.78. The number of ether oxygens (including phenoxy) is 1. The van der Waals surface area contributed by atoms with Gasteiger partial charge in [0.1, 0.15) is 5.75 Å². The van der Waals surface area contributed by atoms with E-state index in [1.165, 1.54) is 6.42 Å². The minimum atomic E-state index is 0.0759. The number of rotatable bonds is 5. The maximum absolute atomic E-state index is 12.0. The molecule has 0 bridgehead atoms. The first kappa shape index (κ1) is 14.9. The lowest BCUT2D eigenvalue weighted by molar-refractivity contribution is -0.123. The highest BCUT2D eigenvalue weighted by atomic mass is 16.5. The van der Waals surface area contributed by atoms with Gasteiger partial charge in [0.2, 0.25) is 5.91 Å². The van der Waals surface area contributed by atoms with Crippen LogP contribution in [0, 0.1) is 0 Å². The summed E-state index contributed by atoms with van der Waals surface area (Å²) in [5.74, 6) is 0.329. The molecular weight excluding hydrogens is 254 g/mol. The number of aromatic hydroxyl groups is 1. The zero-order chi connectivity index (χ0) is 14.4. The third kappa shape index (κ3) is 4.23. The van der Waals surface area contributed by atoms with Crippen molar-refractivity contribution in [3.8, 4) is 5.75 Å². The van der Waals surface area contributed by atoms with Gasteiger partial charge in [-0.25, -0.2) is 0 Å². The molecule has 1 aromatic carbocycles. The molecule has 1 amide bonds. The average molecular weight is 277 g/mol. The minimum Gasteiger partial charge on any atom is -0.508 e. The quantitative estimate of drug-likeness (QED) is 0.869. The number of hydrogen-bond donors (Lipinski definition) is 2. The van der Waals surface area contributed by atoms with Gasteiger partial charge in [0.25, 0.3) is 0 Å². The molecule has 0 aromatic heterocycles. The second kappa shape index (κ2) is 7.29. The van der Waals surface area contributed by atoms with E-state index in [-0.39, 0.29) is 23.8 Å². The highest BCUT2D eigenvalue weighted by molar-refractivity contribution is 5.76.